The van der Waals surface area contributed by atoms with Crippen LogP contribution in [0.15, 0.2) is 107 Å². The van der Waals surface area contributed by atoms with Crippen molar-refractivity contribution in [3.8, 4) is 23.3 Å². The molecule has 8 heteroatoms. The van der Waals surface area contributed by atoms with E-state index in [1.165, 1.54) is 0 Å². The number of ether oxygens (including phenoxy) is 3. The summed E-state index contributed by atoms with van der Waals surface area (Å²) in [5.41, 5.74) is 9.21. The van der Waals surface area contributed by atoms with Crippen LogP contribution in [0, 0.1) is 11.3 Å². The van der Waals surface area contributed by atoms with Crippen LogP contribution < -0.4 is 19.9 Å². The average Bonchev–Trinajstić information content (AvgIpc) is 2.92. The van der Waals surface area contributed by atoms with E-state index >= 15 is 0 Å². The molecule has 0 aliphatic carbocycles. The van der Waals surface area contributed by atoms with Crippen molar-refractivity contribution in [3.05, 3.63) is 134 Å². The number of benzene rings is 4. The first-order valence-corrected chi connectivity index (χ1v) is 12.8. The second-order valence-corrected chi connectivity index (χ2v) is 9.80. The van der Waals surface area contributed by atoms with Crippen molar-refractivity contribution in [2.24, 2.45) is 5.73 Å². The number of nitrogens with zero attached hydrogens (tertiary/aromatic N) is 1. The highest BCUT2D eigenvalue weighted by atomic mass is 79.9. The van der Waals surface area contributed by atoms with Crippen LogP contribution in [-0.2, 0) is 6.61 Å². The van der Waals surface area contributed by atoms with E-state index in [0.29, 0.717) is 40.0 Å². The van der Waals surface area contributed by atoms with Crippen LogP contribution >= 0.6 is 27.5 Å². The molecular weight excluding hydrogens is 568 g/mol. The fourth-order valence-electron chi connectivity index (χ4n) is 4.15. The second-order valence-electron chi connectivity index (χ2n) is 8.47. The van der Waals surface area contributed by atoms with Crippen molar-refractivity contribution in [2.45, 2.75) is 12.5 Å². The van der Waals surface area contributed by atoms with Gasteiger partial charge in [-0.05, 0) is 54.1 Å². The number of nitriles is 1. The Morgan fingerprint density at radius 3 is 2.55 bits per heavy atom. The van der Waals surface area contributed by atoms with Crippen molar-refractivity contribution in [2.75, 3.05) is 0 Å². The zero-order valence-corrected chi connectivity index (χ0v) is 22.2. The number of carbonyl (C=O) groups is 1. The van der Waals surface area contributed by atoms with Gasteiger partial charge in [0.2, 0.25) is 5.88 Å². The molecule has 0 saturated heterocycles. The summed E-state index contributed by atoms with van der Waals surface area (Å²) >= 11 is 9.61. The Hall–Kier alpha value is -4.25. The van der Waals surface area contributed by atoms with Crippen molar-refractivity contribution in [1.82, 2.24) is 0 Å². The lowest BCUT2D eigenvalue weighted by atomic mass is 9.83. The zero-order valence-electron chi connectivity index (χ0n) is 19.9. The normalized spacial score (nSPS) is 14.2. The summed E-state index contributed by atoms with van der Waals surface area (Å²) in [5.74, 6) is 0.295. The quantitative estimate of drug-likeness (QED) is 0.191. The molecule has 5 rings (SSSR count). The van der Waals surface area contributed by atoms with Crippen molar-refractivity contribution in [1.29, 1.82) is 5.26 Å². The average molecular weight is 588 g/mol. The molecule has 0 spiro atoms. The molecule has 2 N–H and O–H groups in total. The van der Waals surface area contributed by atoms with Crippen LogP contribution in [-0.4, -0.2) is 5.97 Å². The maximum Gasteiger partial charge on any atom is 0.343 e. The van der Waals surface area contributed by atoms with Crippen LogP contribution in [0.4, 0.5) is 0 Å². The van der Waals surface area contributed by atoms with E-state index in [0.717, 1.165) is 15.6 Å². The summed E-state index contributed by atoms with van der Waals surface area (Å²) in [6, 6.07) is 29.0. The van der Waals surface area contributed by atoms with E-state index < -0.39 is 11.9 Å². The van der Waals surface area contributed by atoms with E-state index in [1.807, 2.05) is 48.5 Å². The molecular formula is C30H20BrClN2O4. The van der Waals surface area contributed by atoms with Crippen LogP contribution in [0.25, 0.3) is 0 Å². The number of hydrogen-bond donors (Lipinski definition) is 1. The molecule has 1 aliphatic rings. The monoisotopic (exact) mass is 586 g/mol. The number of nitrogens with two attached hydrogens (primary N) is 1. The van der Waals surface area contributed by atoms with Crippen molar-refractivity contribution >= 4 is 33.5 Å². The van der Waals surface area contributed by atoms with Crippen molar-refractivity contribution in [3.63, 3.8) is 0 Å². The lowest BCUT2D eigenvalue weighted by molar-refractivity contribution is 0.0734. The van der Waals surface area contributed by atoms with Gasteiger partial charge in [-0.1, -0.05) is 63.9 Å². The highest BCUT2D eigenvalue weighted by molar-refractivity contribution is 9.10. The van der Waals surface area contributed by atoms with Gasteiger partial charge in [0.25, 0.3) is 0 Å². The van der Waals surface area contributed by atoms with Gasteiger partial charge in [0, 0.05) is 26.7 Å². The number of carbonyl (C=O) groups excluding carboxylic acids is 1. The predicted octanol–water partition coefficient (Wildman–Crippen LogP) is 7.12. The predicted molar refractivity (Wildman–Crippen MR) is 147 cm³/mol. The maximum absolute atomic E-state index is 12.6. The highest BCUT2D eigenvalue weighted by Gasteiger charge is 2.31. The van der Waals surface area contributed by atoms with Gasteiger partial charge in [-0.2, -0.15) is 5.26 Å². The van der Waals surface area contributed by atoms with E-state index in [1.54, 1.807) is 42.5 Å². The first kappa shape index (κ1) is 25.4. The van der Waals surface area contributed by atoms with Gasteiger partial charge in [0.1, 0.15) is 35.5 Å². The molecule has 0 fully saturated rings. The number of rotatable bonds is 6. The summed E-state index contributed by atoms with van der Waals surface area (Å²) in [6.07, 6.45) is 0. The molecule has 4 aromatic rings. The molecule has 4 aromatic carbocycles. The van der Waals surface area contributed by atoms with Crippen LogP contribution in [0.3, 0.4) is 0 Å². The number of fused-ring (bicyclic) bond motifs is 1. The Bertz CT molecular complexity index is 1590. The molecule has 6 nitrogen and oxygen atoms in total. The summed E-state index contributed by atoms with van der Waals surface area (Å²) < 4.78 is 18.2. The van der Waals surface area contributed by atoms with Gasteiger partial charge in [0.05, 0.1) is 11.5 Å². The first-order chi connectivity index (χ1) is 18.4. The summed E-state index contributed by atoms with van der Waals surface area (Å²) in [7, 11) is 0. The Morgan fingerprint density at radius 1 is 1.00 bits per heavy atom. The molecule has 38 heavy (non-hydrogen) atoms. The largest absolute Gasteiger partial charge is 0.489 e. The Kier molecular flexibility index (Phi) is 7.36. The lowest BCUT2D eigenvalue weighted by Crippen LogP contribution is -2.21. The number of esters is 1. The summed E-state index contributed by atoms with van der Waals surface area (Å²) in [5, 5.41) is 10.5. The van der Waals surface area contributed by atoms with Gasteiger partial charge in [-0.25, -0.2) is 4.79 Å². The number of hydrogen-bond acceptors (Lipinski definition) is 6. The van der Waals surface area contributed by atoms with Gasteiger partial charge in [-0.3, -0.25) is 0 Å². The van der Waals surface area contributed by atoms with Crippen LogP contribution in [0.1, 0.15) is 33.0 Å². The van der Waals surface area contributed by atoms with Crippen molar-refractivity contribution < 1.29 is 19.0 Å². The lowest BCUT2D eigenvalue weighted by Gasteiger charge is -2.27. The summed E-state index contributed by atoms with van der Waals surface area (Å²) in [4.78, 5) is 12.6. The van der Waals surface area contributed by atoms with E-state index in [4.69, 9.17) is 31.5 Å². The topological polar surface area (TPSA) is 94.6 Å². The van der Waals surface area contributed by atoms with Gasteiger partial charge in [-0.15, -0.1) is 0 Å². The number of halogens is 2. The van der Waals surface area contributed by atoms with E-state index in [-0.39, 0.29) is 11.5 Å². The standard InChI is InChI=1S/C30H20BrClN2O4/c31-21-10-8-18(9-11-21)30(35)37-23-12-13-24-27(15-23)38-29(34)25(16-33)28(24)19-5-3-6-22(14-19)36-17-20-4-1-2-7-26(20)32/h1-15,28H,17,34H2. The van der Waals surface area contributed by atoms with Crippen LogP contribution in [0.5, 0.6) is 17.2 Å². The smallest absolute Gasteiger partial charge is 0.343 e. The zero-order chi connectivity index (χ0) is 26.6. The molecule has 1 heterocycles. The molecule has 0 bridgehead atoms. The first-order valence-electron chi connectivity index (χ1n) is 11.6. The molecule has 1 unspecified atom stereocenters. The molecule has 0 radical (unpaired) electrons. The third-order valence-electron chi connectivity index (χ3n) is 6.02. The molecule has 1 aliphatic heterocycles. The third-order valence-corrected chi connectivity index (χ3v) is 6.92. The second kappa shape index (κ2) is 11.0. The Balaban J connectivity index is 1.42. The number of allylic oxidation sites excluding steroid dienone is 1. The fraction of sp³-hybridized carbons (Fsp3) is 0.0667. The van der Waals surface area contributed by atoms with E-state index in [9.17, 15) is 10.1 Å². The Morgan fingerprint density at radius 2 is 1.79 bits per heavy atom. The van der Waals surface area contributed by atoms with Gasteiger partial charge >= 0.3 is 5.97 Å². The summed E-state index contributed by atoms with van der Waals surface area (Å²) in [6.45, 7) is 0.295. The van der Waals surface area contributed by atoms with Crippen LogP contribution in [0.2, 0.25) is 5.02 Å². The molecule has 0 amide bonds. The minimum Gasteiger partial charge on any atom is -0.489 e. The highest BCUT2D eigenvalue weighted by Crippen LogP contribution is 2.44. The minimum atomic E-state index is -0.505. The fourth-order valence-corrected chi connectivity index (χ4v) is 4.61. The molecule has 0 aromatic heterocycles. The molecule has 1 atom stereocenters. The molecule has 0 saturated carbocycles. The maximum atomic E-state index is 12.6. The third kappa shape index (κ3) is 5.37. The molecule has 188 valence electrons. The van der Waals surface area contributed by atoms with Gasteiger partial charge < -0.3 is 19.9 Å². The minimum absolute atomic E-state index is 0.0104. The SMILES string of the molecule is N#CC1=C(N)Oc2cc(OC(=O)c3ccc(Br)cc3)ccc2C1c1cccc(OCc2ccccc2Cl)c1. The van der Waals surface area contributed by atoms with E-state index in [2.05, 4.69) is 22.0 Å². The Labute approximate surface area is 233 Å². The van der Waals surface area contributed by atoms with Gasteiger partial charge in [0.15, 0.2) is 0 Å².